The summed E-state index contributed by atoms with van der Waals surface area (Å²) in [6.45, 7) is 3.67. The van der Waals surface area contributed by atoms with Gasteiger partial charge in [-0.1, -0.05) is 37.7 Å². The Labute approximate surface area is 164 Å². The monoisotopic (exact) mass is 403 g/mol. The van der Waals surface area contributed by atoms with Crippen LogP contribution in [0.2, 0.25) is 0 Å². The second kappa shape index (κ2) is 8.49. The molecule has 0 spiro atoms. The van der Waals surface area contributed by atoms with Crippen LogP contribution in [-0.2, 0) is 9.59 Å². The number of thioether (sulfide) groups is 1. The van der Waals surface area contributed by atoms with E-state index in [9.17, 15) is 14.0 Å². The van der Waals surface area contributed by atoms with Crippen LogP contribution in [0, 0.1) is 11.7 Å². The van der Waals surface area contributed by atoms with Crippen LogP contribution in [0.25, 0.3) is 10.2 Å². The van der Waals surface area contributed by atoms with Gasteiger partial charge < -0.3 is 10.6 Å². The zero-order chi connectivity index (χ0) is 19.4. The summed E-state index contributed by atoms with van der Waals surface area (Å²) >= 11 is 2.73. The van der Waals surface area contributed by atoms with E-state index in [1.807, 2.05) is 32.0 Å². The van der Waals surface area contributed by atoms with E-state index >= 15 is 0 Å². The van der Waals surface area contributed by atoms with Gasteiger partial charge in [-0.25, -0.2) is 9.37 Å². The summed E-state index contributed by atoms with van der Waals surface area (Å²) in [5, 5.41) is 5.41. The number of fused-ring (bicyclic) bond motifs is 1. The summed E-state index contributed by atoms with van der Waals surface area (Å²) in [7, 11) is 0. The van der Waals surface area contributed by atoms with Crippen LogP contribution in [-0.4, -0.2) is 22.6 Å². The van der Waals surface area contributed by atoms with Gasteiger partial charge >= 0.3 is 0 Å². The lowest BCUT2D eigenvalue weighted by molar-refractivity contribution is -0.119. The van der Waals surface area contributed by atoms with Gasteiger partial charge in [-0.2, -0.15) is 0 Å². The molecule has 0 unspecified atom stereocenters. The zero-order valence-electron chi connectivity index (χ0n) is 14.8. The van der Waals surface area contributed by atoms with Crippen molar-refractivity contribution in [2.24, 2.45) is 5.92 Å². The van der Waals surface area contributed by atoms with E-state index < -0.39 is 5.82 Å². The van der Waals surface area contributed by atoms with Crippen LogP contribution in [0.1, 0.15) is 13.8 Å². The number of hydrogen-bond acceptors (Lipinski definition) is 5. The maximum Gasteiger partial charge on any atom is 0.234 e. The Morgan fingerprint density at radius 1 is 1.19 bits per heavy atom. The molecule has 140 valence electrons. The summed E-state index contributed by atoms with van der Waals surface area (Å²) in [4.78, 5) is 28.3. The number of nitrogens with one attached hydrogen (secondary N) is 2. The minimum atomic E-state index is -0.466. The molecule has 0 fully saturated rings. The smallest absolute Gasteiger partial charge is 0.234 e. The highest BCUT2D eigenvalue weighted by atomic mass is 32.2. The van der Waals surface area contributed by atoms with E-state index in [0.29, 0.717) is 0 Å². The van der Waals surface area contributed by atoms with Crippen LogP contribution in [0.5, 0.6) is 0 Å². The highest BCUT2D eigenvalue weighted by Gasteiger charge is 2.12. The molecule has 1 heterocycles. The maximum absolute atomic E-state index is 13.6. The molecule has 1 aromatic heterocycles. The fourth-order valence-corrected chi connectivity index (χ4v) is 4.11. The van der Waals surface area contributed by atoms with Gasteiger partial charge in [-0.3, -0.25) is 9.59 Å². The second-order valence-electron chi connectivity index (χ2n) is 6.12. The largest absolute Gasteiger partial charge is 0.326 e. The van der Waals surface area contributed by atoms with Gasteiger partial charge in [-0.05, 0) is 30.3 Å². The van der Waals surface area contributed by atoms with E-state index in [4.69, 9.17) is 0 Å². The number of hydrogen-bond donors (Lipinski definition) is 2. The third-order valence-corrected chi connectivity index (χ3v) is 5.80. The molecule has 0 aliphatic rings. The lowest BCUT2D eigenvalue weighted by atomic mass is 10.2. The standard InChI is InChI=1S/C19H18FN3O2S2/c1-11(2)18(25)21-12-7-8-15-16(9-12)27-19(23-15)26-10-17(24)22-14-6-4-3-5-13(14)20/h3-9,11H,10H2,1-2H3,(H,21,25)(H,22,24). The number of anilines is 2. The zero-order valence-corrected chi connectivity index (χ0v) is 16.4. The Kier molecular flexibility index (Phi) is 6.08. The molecule has 3 aromatic rings. The van der Waals surface area contributed by atoms with Crippen molar-refractivity contribution in [2.75, 3.05) is 16.4 Å². The van der Waals surface area contributed by atoms with Gasteiger partial charge in [0.1, 0.15) is 5.82 Å². The molecule has 2 N–H and O–H groups in total. The molecule has 0 bridgehead atoms. The van der Waals surface area contributed by atoms with Gasteiger partial charge in [0.15, 0.2) is 4.34 Å². The van der Waals surface area contributed by atoms with E-state index in [-0.39, 0.29) is 29.2 Å². The summed E-state index contributed by atoms with van der Waals surface area (Å²) < 4.78 is 15.2. The average Bonchev–Trinajstić information content (AvgIpc) is 3.04. The van der Waals surface area contributed by atoms with Crippen LogP contribution in [0.15, 0.2) is 46.8 Å². The Bertz CT molecular complexity index is 988. The van der Waals surface area contributed by atoms with Gasteiger partial charge in [-0.15, -0.1) is 11.3 Å². The topological polar surface area (TPSA) is 71.1 Å². The number of thiazole rings is 1. The van der Waals surface area contributed by atoms with Crippen molar-refractivity contribution < 1.29 is 14.0 Å². The number of carbonyl (C=O) groups excluding carboxylic acids is 2. The lowest BCUT2D eigenvalue weighted by Crippen LogP contribution is -2.17. The minimum Gasteiger partial charge on any atom is -0.326 e. The maximum atomic E-state index is 13.6. The first-order chi connectivity index (χ1) is 12.9. The van der Waals surface area contributed by atoms with E-state index in [2.05, 4.69) is 15.6 Å². The van der Waals surface area contributed by atoms with Crippen LogP contribution in [0.3, 0.4) is 0 Å². The van der Waals surface area contributed by atoms with Gasteiger partial charge in [0, 0.05) is 11.6 Å². The SMILES string of the molecule is CC(C)C(=O)Nc1ccc2nc(SCC(=O)Nc3ccccc3F)sc2c1. The van der Waals surface area contributed by atoms with Crippen molar-refractivity contribution in [2.45, 2.75) is 18.2 Å². The highest BCUT2D eigenvalue weighted by Crippen LogP contribution is 2.31. The summed E-state index contributed by atoms with van der Waals surface area (Å²) in [6.07, 6.45) is 0. The minimum absolute atomic E-state index is 0.0433. The van der Waals surface area contributed by atoms with Crippen molar-refractivity contribution in [1.29, 1.82) is 0 Å². The molecule has 0 aliphatic heterocycles. The van der Waals surface area contributed by atoms with E-state index in [1.54, 1.807) is 12.1 Å². The first-order valence-corrected chi connectivity index (χ1v) is 10.1. The lowest BCUT2D eigenvalue weighted by Gasteiger charge is -2.06. The molecule has 0 saturated carbocycles. The molecular formula is C19H18FN3O2S2. The van der Waals surface area contributed by atoms with E-state index in [1.165, 1.54) is 35.2 Å². The van der Waals surface area contributed by atoms with E-state index in [0.717, 1.165) is 20.2 Å². The molecule has 2 aromatic carbocycles. The van der Waals surface area contributed by atoms with Gasteiger partial charge in [0.2, 0.25) is 11.8 Å². The number of aromatic nitrogens is 1. The number of nitrogens with zero attached hydrogens (tertiary/aromatic N) is 1. The second-order valence-corrected chi connectivity index (χ2v) is 8.38. The van der Waals surface area contributed by atoms with Crippen molar-refractivity contribution in [3.05, 3.63) is 48.3 Å². The predicted octanol–water partition coefficient (Wildman–Crippen LogP) is 4.76. The number of rotatable bonds is 6. The summed E-state index contributed by atoms with van der Waals surface area (Å²) in [6, 6.07) is 11.6. The van der Waals surface area contributed by atoms with Crippen molar-refractivity contribution in [3.63, 3.8) is 0 Å². The van der Waals surface area contributed by atoms with Crippen LogP contribution >= 0.6 is 23.1 Å². The highest BCUT2D eigenvalue weighted by molar-refractivity contribution is 8.01. The third-order valence-electron chi connectivity index (χ3n) is 3.64. The quantitative estimate of drug-likeness (QED) is 0.582. The molecule has 0 aliphatic carbocycles. The van der Waals surface area contributed by atoms with Crippen LogP contribution < -0.4 is 10.6 Å². The van der Waals surface area contributed by atoms with Crippen molar-refractivity contribution >= 4 is 56.5 Å². The van der Waals surface area contributed by atoms with Crippen LogP contribution in [0.4, 0.5) is 15.8 Å². The Morgan fingerprint density at radius 2 is 1.96 bits per heavy atom. The molecule has 0 atom stereocenters. The van der Waals surface area contributed by atoms with Crippen molar-refractivity contribution in [1.82, 2.24) is 4.98 Å². The molecule has 8 heteroatoms. The first kappa shape index (κ1) is 19.3. The molecule has 0 saturated heterocycles. The molecule has 27 heavy (non-hydrogen) atoms. The van der Waals surface area contributed by atoms with Crippen molar-refractivity contribution in [3.8, 4) is 0 Å². The molecule has 0 radical (unpaired) electrons. The average molecular weight is 404 g/mol. The number of amides is 2. The summed E-state index contributed by atoms with van der Waals surface area (Å²) in [5.41, 5.74) is 1.69. The third kappa shape index (κ3) is 5.05. The Morgan fingerprint density at radius 3 is 2.70 bits per heavy atom. The summed E-state index contributed by atoms with van der Waals surface area (Å²) in [5.74, 6) is -0.772. The molecular weight excluding hydrogens is 385 g/mol. The number of halogens is 1. The van der Waals surface area contributed by atoms with Gasteiger partial charge in [0.05, 0.1) is 21.7 Å². The number of benzene rings is 2. The molecule has 5 nitrogen and oxygen atoms in total. The Hall–Kier alpha value is -2.45. The van der Waals surface area contributed by atoms with Gasteiger partial charge in [0.25, 0.3) is 0 Å². The first-order valence-electron chi connectivity index (χ1n) is 8.31. The fourth-order valence-electron chi connectivity index (χ4n) is 2.21. The number of carbonyl (C=O) groups is 2. The fraction of sp³-hybridized carbons (Fsp3) is 0.211. The molecule has 3 rings (SSSR count). The predicted molar refractivity (Wildman–Crippen MR) is 109 cm³/mol. The number of para-hydroxylation sites is 1. The Balaban J connectivity index is 1.63. The molecule has 2 amide bonds. The normalized spacial score (nSPS) is 11.0.